The number of fused-ring (bicyclic) bond motifs is 7. The summed E-state index contributed by atoms with van der Waals surface area (Å²) in [6.45, 7) is 0. The topological polar surface area (TPSA) is 14.2 Å². The number of benzene rings is 8. The fourth-order valence-corrected chi connectivity index (χ4v) is 6.16. The van der Waals surface area contributed by atoms with E-state index in [9.17, 15) is 15.1 Å². The van der Waals surface area contributed by atoms with Crippen LogP contribution in [0.15, 0.2) is 187 Å². The van der Waals surface area contributed by atoms with Gasteiger partial charge in [0.2, 0.25) is 0 Å². The van der Waals surface area contributed by atoms with E-state index < -0.39 is 270 Å². The van der Waals surface area contributed by atoms with Gasteiger partial charge < -0.3 is 9.30 Å². The second kappa shape index (κ2) is 10.8. The molecule has 0 radical (unpaired) electrons. The molecule has 1 atom stereocenters. The van der Waals surface area contributed by atoms with Crippen molar-refractivity contribution in [3.8, 4) is 28.3 Å². The highest BCUT2D eigenvalue weighted by atomic mass is 16.5. The maximum Gasteiger partial charge on any atom is 0.132 e. The first-order valence-electron chi connectivity index (χ1n) is 29.4. The van der Waals surface area contributed by atoms with Crippen LogP contribution >= 0.6 is 0 Å². The minimum absolute atomic E-state index is 0.607. The molecule has 1 unspecified atom stereocenters. The van der Waals surface area contributed by atoms with Gasteiger partial charge in [-0.3, -0.25) is 0 Å². The Bertz CT molecular complexity index is 4330. The predicted octanol–water partition coefficient (Wildman–Crippen LogP) is 12.1. The molecule has 0 spiro atoms. The van der Waals surface area contributed by atoms with E-state index in [4.69, 9.17) is 30.8 Å². The Labute approximate surface area is 327 Å². The van der Waals surface area contributed by atoms with Crippen LogP contribution in [0.1, 0.15) is 63.4 Å². The van der Waals surface area contributed by atoms with Crippen molar-refractivity contribution in [1.82, 2.24) is 4.57 Å². The van der Waals surface area contributed by atoms with Crippen molar-refractivity contribution >= 4 is 32.6 Å². The van der Waals surface area contributed by atoms with Crippen molar-refractivity contribution in [2.75, 3.05) is 0 Å². The van der Waals surface area contributed by atoms with Gasteiger partial charge in [0.1, 0.15) is 11.5 Å². The van der Waals surface area contributed by atoms with E-state index >= 15 is 0 Å². The second-order valence-electron chi connectivity index (χ2n) is 10.6. The van der Waals surface area contributed by atoms with Gasteiger partial charge in [0.05, 0.1) is 57.6 Å². The zero-order valence-electron chi connectivity index (χ0n) is 54.4. The average Bonchev–Trinajstić information content (AvgIpc) is 3.81. The number of hydrogen-bond donors (Lipinski definition) is 0. The second-order valence-corrected chi connectivity index (χ2v) is 10.6. The van der Waals surface area contributed by atoms with E-state index in [1.165, 1.54) is 0 Å². The highest BCUT2D eigenvalue weighted by Crippen LogP contribution is 2.56. The molecule has 0 saturated heterocycles. The van der Waals surface area contributed by atoms with Crippen LogP contribution in [0.25, 0.3) is 49.4 Å². The Morgan fingerprint density at radius 3 is 2.00 bits per heavy atom. The predicted molar refractivity (Wildman–Crippen MR) is 202 cm³/mol. The fraction of sp³-hybridized carbons (Fsp3) is 0.0213. The van der Waals surface area contributed by atoms with Crippen molar-refractivity contribution in [3.05, 3.63) is 210 Å². The minimum atomic E-state index is -3.26. The first-order valence-corrected chi connectivity index (χ1v) is 14.4. The quantitative estimate of drug-likeness (QED) is 0.184. The summed E-state index contributed by atoms with van der Waals surface area (Å²) in [5.74, 6) is -1.99. The summed E-state index contributed by atoms with van der Waals surface area (Å²) in [7, 11) is 0. The monoisotopic (exact) mass is 655 g/mol. The van der Waals surface area contributed by atoms with E-state index in [0.717, 1.165) is 0 Å². The number of rotatable bonds is 4. The molecule has 0 aliphatic carbocycles. The van der Waals surface area contributed by atoms with Crippen molar-refractivity contribution in [2.45, 2.75) is 5.41 Å². The molecule has 0 saturated carbocycles. The zero-order chi connectivity index (χ0) is 58.5. The fourth-order valence-electron chi connectivity index (χ4n) is 6.16. The Hall–Kier alpha value is -6.38. The number of aromatic nitrogens is 1. The lowest BCUT2D eigenvalue weighted by molar-refractivity contribution is 0.434. The molecule has 0 N–H and O–H groups in total. The summed E-state index contributed by atoms with van der Waals surface area (Å²) in [6.07, 6.45) is 0. The maximum absolute atomic E-state index is 10.3. The standard InChI is InChI=1S/C47H31NO/c1-4-15-35(16-5-1)47(36-17-6-2-7-18-36)41-22-12-13-23-44(41)49-45-29-26-33(30-42(45)47)34-25-27-39-40-28-24-32-14-10-11-21-38(32)46(40)48(43(39)31-34)37-19-8-3-9-20-37/h1-31H/i1D,2D,3D,4D,5D,6D,7D,8D,9D,10D,11D,12D,13D,14D,15D,16D,17D,19D,20D,21D,22D,23D,24D,25D,26D,27D,28D,29D,30D,31D. The third-order valence-electron chi connectivity index (χ3n) is 8.14. The molecular weight excluding hydrogens is 595 g/mol. The van der Waals surface area contributed by atoms with E-state index in [-0.39, 0.29) is 0 Å². The van der Waals surface area contributed by atoms with Crippen LogP contribution in [-0.4, -0.2) is 4.57 Å². The van der Waals surface area contributed by atoms with E-state index in [0.29, 0.717) is 10.6 Å². The molecule has 0 bridgehead atoms. The van der Waals surface area contributed by atoms with Gasteiger partial charge >= 0.3 is 0 Å². The molecule has 0 fully saturated rings. The first kappa shape index (κ1) is 11.1. The molecule has 10 rings (SSSR count). The summed E-state index contributed by atoms with van der Waals surface area (Å²) < 4.78 is 280. The Morgan fingerprint density at radius 1 is 0.469 bits per heavy atom. The molecule has 9 aromatic rings. The van der Waals surface area contributed by atoms with Gasteiger partial charge in [-0.2, -0.15) is 0 Å². The number of hydrogen-bond acceptors (Lipinski definition) is 1. The molecular formula is C47H31NO. The van der Waals surface area contributed by atoms with E-state index in [1.807, 2.05) is 0 Å². The van der Waals surface area contributed by atoms with Gasteiger partial charge in [-0.1, -0.05) is 151 Å². The Balaban J connectivity index is 1.54. The van der Waals surface area contributed by atoms with Gasteiger partial charge in [0.15, 0.2) is 0 Å². The molecule has 1 aliphatic rings. The molecule has 230 valence electrons. The van der Waals surface area contributed by atoms with E-state index in [1.54, 1.807) is 0 Å². The Kier molecular flexibility index (Phi) is 2.45. The summed E-state index contributed by atoms with van der Waals surface area (Å²) in [6, 6.07) is -30.4. The van der Waals surface area contributed by atoms with Crippen molar-refractivity contribution in [2.24, 2.45) is 0 Å². The molecule has 49 heavy (non-hydrogen) atoms. The summed E-state index contributed by atoms with van der Waals surface area (Å²) in [5, 5.41) is -2.51. The van der Waals surface area contributed by atoms with Crippen LogP contribution in [-0.2, 0) is 5.41 Å². The number of nitrogens with zero attached hydrogens (tertiary/aromatic N) is 1. The van der Waals surface area contributed by atoms with Crippen LogP contribution in [0, 0.1) is 0 Å². The lowest BCUT2D eigenvalue weighted by Crippen LogP contribution is -2.34. The normalized spacial score (nSPS) is 23.8. The SMILES string of the molecule is [2H]c1cc(C2(c3c([2H])c([2H])c([2H])c([2H])c3[2H])c3c([2H])c([2H])c([2H])c([2H])c3Oc3c([2H])c([2H])c(-c4c([2H])c([2H])c5c6c([2H])c([2H])c7c([2H])c([2H])c([2H])c([2H])c7c6n(-c6c([2H])c([2H])c([2H])c([2H])c6[2H])c5c4[2H])c([2H])c32)c([2H])c([2H])c1[2H]. The van der Waals surface area contributed by atoms with Crippen molar-refractivity contribution in [3.63, 3.8) is 0 Å². The lowest BCUT2D eigenvalue weighted by Gasteiger charge is -2.41. The molecule has 1 aliphatic heterocycles. The minimum Gasteiger partial charge on any atom is -0.457 e. The van der Waals surface area contributed by atoms with Gasteiger partial charge in [0, 0.05) is 33.0 Å². The highest BCUT2D eigenvalue weighted by Gasteiger charge is 2.45. The highest BCUT2D eigenvalue weighted by molar-refractivity contribution is 6.19. The van der Waals surface area contributed by atoms with Gasteiger partial charge in [-0.15, -0.1) is 0 Å². The molecule has 2 heterocycles. The largest absolute Gasteiger partial charge is 0.457 e. The lowest BCUT2D eigenvalue weighted by atomic mass is 9.63. The van der Waals surface area contributed by atoms with Crippen LogP contribution in [0.2, 0.25) is 0 Å². The van der Waals surface area contributed by atoms with Gasteiger partial charge in [-0.25, -0.2) is 0 Å². The third-order valence-corrected chi connectivity index (χ3v) is 8.14. The number of ether oxygens (including phenoxy) is 1. The summed E-state index contributed by atoms with van der Waals surface area (Å²) in [5.41, 5.74) is -11.5. The molecule has 0 amide bonds. The smallest absolute Gasteiger partial charge is 0.132 e. The summed E-state index contributed by atoms with van der Waals surface area (Å²) in [4.78, 5) is 0. The first-order chi connectivity index (χ1) is 36.8. The van der Waals surface area contributed by atoms with Crippen LogP contribution < -0.4 is 4.74 Å². The van der Waals surface area contributed by atoms with Crippen LogP contribution in [0.4, 0.5) is 0 Å². The molecule has 8 aromatic carbocycles. The van der Waals surface area contributed by atoms with Crippen molar-refractivity contribution < 1.29 is 45.9 Å². The molecule has 1 aromatic heterocycles. The average molecular weight is 656 g/mol. The van der Waals surface area contributed by atoms with Gasteiger partial charge in [-0.05, 0) is 63.9 Å². The van der Waals surface area contributed by atoms with Crippen LogP contribution in [0.3, 0.4) is 0 Å². The van der Waals surface area contributed by atoms with E-state index in [2.05, 4.69) is 0 Å². The Morgan fingerprint density at radius 2 is 1.12 bits per heavy atom. The van der Waals surface area contributed by atoms with Crippen LogP contribution in [0.5, 0.6) is 11.5 Å². The van der Waals surface area contributed by atoms with Crippen molar-refractivity contribution in [1.29, 1.82) is 0 Å². The number of para-hydroxylation sites is 2. The third kappa shape index (κ3) is 4.07. The molecule has 2 heteroatoms. The summed E-state index contributed by atoms with van der Waals surface area (Å²) >= 11 is 0. The maximum atomic E-state index is 10.3. The zero-order valence-corrected chi connectivity index (χ0v) is 24.4. The van der Waals surface area contributed by atoms with Gasteiger partial charge in [0.25, 0.3) is 0 Å². The molecule has 2 nitrogen and oxygen atoms in total.